The SMILES string of the molecule is CCCCNc1ncc(C(=N)c2ccc(CN3CCN(CCOCCOCCOCCOCCCc4ccc5c(c4)n(C)c(=O)n5[C@H]4CCC(=O)NC4=O)CC3)cc2)c(N)n1. The Morgan fingerprint density at radius 2 is 1.51 bits per heavy atom. The van der Waals surface area contributed by atoms with E-state index in [0.29, 0.717) is 87.8 Å². The second-order valence-corrected chi connectivity index (χ2v) is 15.5. The fourth-order valence-corrected chi connectivity index (χ4v) is 7.54. The molecule has 2 saturated heterocycles. The van der Waals surface area contributed by atoms with E-state index in [1.165, 1.54) is 10.1 Å². The van der Waals surface area contributed by atoms with Gasteiger partial charge >= 0.3 is 5.69 Å². The highest BCUT2D eigenvalue weighted by atomic mass is 16.6. The van der Waals surface area contributed by atoms with Gasteiger partial charge in [-0.15, -0.1) is 0 Å². The summed E-state index contributed by atoms with van der Waals surface area (Å²) in [6.45, 7) is 13.0. The Bertz CT molecular complexity index is 2110. The van der Waals surface area contributed by atoms with Crippen LogP contribution in [-0.2, 0) is 48.5 Å². The van der Waals surface area contributed by atoms with Gasteiger partial charge in [-0.05, 0) is 48.9 Å². The molecular formula is C44H62N10O7. The molecule has 0 aliphatic carbocycles. The summed E-state index contributed by atoms with van der Waals surface area (Å²) in [5.41, 5.74) is 11.3. The quantitative estimate of drug-likeness (QED) is 0.0431. The monoisotopic (exact) mass is 842 g/mol. The van der Waals surface area contributed by atoms with Crippen LogP contribution >= 0.6 is 0 Å². The zero-order valence-electron chi connectivity index (χ0n) is 35.7. The first-order valence-electron chi connectivity index (χ1n) is 21.6. The molecule has 330 valence electrons. The number of carbonyl (C=O) groups excluding carboxylic acids is 2. The van der Waals surface area contributed by atoms with Gasteiger partial charge in [-0.25, -0.2) is 9.78 Å². The molecule has 1 atom stereocenters. The van der Waals surface area contributed by atoms with E-state index in [1.54, 1.807) is 17.8 Å². The number of piperazine rings is 1. The number of carbonyl (C=O) groups is 2. The van der Waals surface area contributed by atoms with Gasteiger partial charge in [0.05, 0.1) is 68.6 Å². The summed E-state index contributed by atoms with van der Waals surface area (Å²) in [7, 11) is 1.70. The number of aryl methyl sites for hydroxylation is 2. The van der Waals surface area contributed by atoms with Crippen molar-refractivity contribution in [1.29, 1.82) is 5.41 Å². The van der Waals surface area contributed by atoms with Crippen molar-refractivity contribution < 1.29 is 28.5 Å². The van der Waals surface area contributed by atoms with E-state index >= 15 is 0 Å². The fraction of sp³-hybridized carbons (Fsp3) is 0.545. The van der Waals surface area contributed by atoms with Gasteiger partial charge in [0.2, 0.25) is 17.8 Å². The number of ether oxygens (including phenoxy) is 4. The summed E-state index contributed by atoms with van der Waals surface area (Å²) in [5, 5.41) is 14.2. The largest absolute Gasteiger partial charge is 0.383 e. The molecule has 6 rings (SSSR count). The van der Waals surface area contributed by atoms with E-state index in [2.05, 4.69) is 49.5 Å². The van der Waals surface area contributed by atoms with Gasteiger partial charge in [-0.1, -0.05) is 43.7 Å². The standard InChI is InChI=1S/C44H62N10O7/c1-3-4-15-47-43-48-30-35(41(46)50-43)40(45)34-10-7-33(8-11-34)31-53-18-16-52(17-19-53)20-22-59-24-26-61-28-27-60-25-23-58-21-5-6-32-9-12-36-38(29-32)51(2)44(57)54(36)37-13-14-39(55)49-42(37)56/h7-12,29-30,37,45H,3-6,13-28,31H2,1-2H3,(H,49,55,56)(H3,46,47,48,50)/t37-/m0/s1. The van der Waals surface area contributed by atoms with E-state index < -0.39 is 11.9 Å². The predicted molar refractivity (Wildman–Crippen MR) is 234 cm³/mol. The van der Waals surface area contributed by atoms with Crippen LogP contribution in [0.5, 0.6) is 0 Å². The normalized spacial score (nSPS) is 16.3. The van der Waals surface area contributed by atoms with Gasteiger partial charge < -0.3 is 30.0 Å². The van der Waals surface area contributed by atoms with Crippen LogP contribution < -0.4 is 22.1 Å². The van der Waals surface area contributed by atoms with Crippen LogP contribution in [0.25, 0.3) is 11.0 Å². The van der Waals surface area contributed by atoms with Crippen molar-refractivity contribution in [3.8, 4) is 0 Å². The smallest absolute Gasteiger partial charge is 0.329 e. The molecule has 2 aromatic heterocycles. The first kappa shape index (κ1) is 45.5. The predicted octanol–water partition coefficient (Wildman–Crippen LogP) is 3.13. The van der Waals surface area contributed by atoms with Gasteiger partial charge in [-0.2, -0.15) is 4.98 Å². The third-order valence-corrected chi connectivity index (χ3v) is 11.1. The summed E-state index contributed by atoms with van der Waals surface area (Å²) in [6.07, 6.45) is 5.87. The lowest BCUT2D eigenvalue weighted by Gasteiger charge is -2.34. The van der Waals surface area contributed by atoms with Crippen molar-refractivity contribution in [3.05, 3.63) is 81.4 Å². The first-order valence-corrected chi connectivity index (χ1v) is 21.6. The van der Waals surface area contributed by atoms with Crippen LogP contribution in [0.15, 0.2) is 53.5 Å². The number of aromatic nitrogens is 4. The van der Waals surface area contributed by atoms with Crippen molar-refractivity contribution in [2.24, 2.45) is 7.05 Å². The van der Waals surface area contributed by atoms with Crippen molar-refractivity contribution in [1.82, 2.24) is 34.2 Å². The average Bonchev–Trinajstić information content (AvgIpc) is 3.50. The maximum atomic E-state index is 13.0. The molecule has 0 radical (unpaired) electrons. The van der Waals surface area contributed by atoms with E-state index in [9.17, 15) is 14.4 Å². The molecule has 17 heteroatoms. The third kappa shape index (κ3) is 13.0. The molecule has 0 spiro atoms. The molecule has 2 amide bonds. The molecule has 2 fully saturated rings. The number of imide groups is 1. The fourth-order valence-electron chi connectivity index (χ4n) is 7.54. The van der Waals surface area contributed by atoms with E-state index in [4.69, 9.17) is 30.1 Å². The van der Waals surface area contributed by atoms with Gasteiger partial charge in [0.1, 0.15) is 11.9 Å². The average molecular weight is 843 g/mol. The highest BCUT2D eigenvalue weighted by Gasteiger charge is 2.31. The molecule has 2 aliphatic heterocycles. The zero-order chi connectivity index (χ0) is 43.0. The molecule has 2 aliphatic rings. The van der Waals surface area contributed by atoms with Crippen molar-refractivity contribution >= 4 is 40.3 Å². The van der Waals surface area contributed by atoms with Crippen molar-refractivity contribution in [2.75, 3.05) is 103 Å². The summed E-state index contributed by atoms with van der Waals surface area (Å²) in [4.78, 5) is 50.6. The summed E-state index contributed by atoms with van der Waals surface area (Å²) in [5.74, 6) is 0.0585. The molecule has 4 heterocycles. The number of imidazole rings is 1. The number of unbranched alkanes of at least 4 members (excludes halogenated alkanes) is 1. The lowest BCUT2D eigenvalue weighted by atomic mass is 10.0. The molecule has 0 bridgehead atoms. The molecule has 5 N–H and O–H groups in total. The molecule has 0 unspecified atom stereocenters. The van der Waals surface area contributed by atoms with Gasteiger partial charge in [0.25, 0.3) is 0 Å². The molecule has 17 nitrogen and oxygen atoms in total. The number of hydrogen-bond donors (Lipinski definition) is 4. The first-order chi connectivity index (χ1) is 29.7. The topological polar surface area (TPSA) is 204 Å². The Morgan fingerprint density at radius 1 is 0.852 bits per heavy atom. The summed E-state index contributed by atoms with van der Waals surface area (Å²) < 4.78 is 25.9. The summed E-state index contributed by atoms with van der Waals surface area (Å²) in [6, 6.07) is 13.3. The van der Waals surface area contributed by atoms with Gasteiger partial charge in [0.15, 0.2) is 0 Å². The number of amides is 2. The second kappa shape index (κ2) is 23.3. The molecule has 2 aromatic carbocycles. The minimum absolute atomic E-state index is 0.214. The number of hydrogen-bond acceptors (Lipinski definition) is 14. The van der Waals surface area contributed by atoms with E-state index in [-0.39, 0.29) is 18.0 Å². The Balaban J connectivity index is 0.744. The Kier molecular flexibility index (Phi) is 17.3. The molecule has 61 heavy (non-hydrogen) atoms. The van der Waals surface area contributed by atoms with Crippen LogP contribution in [0, 0.1) is 5.41 Å². The maximum absolute atomic E-state index is 13.0. The minimum Gasteiger partial charge on any atom is -0.383 e. The number of nitrogen functional groups attached to an aromatic ring is 1. The minimum atomic E-state index is -0.689. The second-order valence-electron chi connectivity index (χ2n) is 15.5. The Labute approximate surface area is 357 Å². The Morgan fingerprint density at radius 3 is 2.18 bits per heavy atom. The highest BCUT2D eigenvalue weighted by molar-refractivity contribution is 6.13. The van der Waals surface area contributed by atoms with Crippen LogP contribution in [0.2, 0.25) is 0 Å². The van der Waals surface area contributed by atoms with Gasteiger partial charge in [-0.3, -0.25) is 39.2 Å². The number of rotatable bonds is 25. The summed E-state index contributed by atoms with van der Waals surface area (Å²) >= 11 is 0. The van der Waals surface area contributed by atoms with E-state index in [1.807, 2.05) is 30.3 Å². The van der Waals surface area contributed by atoms with Gasteiger partial charge in [0, 0.05) is 77.6 Å². The number of fused-ring (bicyclic) bond motifs is 1. The zero-order valence-corrected chi connectivity index (χ0v) is 35.7. The highest BCUT2D eigenvalue weighted by Crippen LogP contribution is 2.24. The molecular weight excluding hydrogens is 781 g/mol. The third-order valence-electron chi connectivity index (χ3n) is 11.1. The van der Waals surface area contributed by atoms with Crippen LogP contribution in [0.3, 0.4) is 0 Å². The van der Waals surface area contributed by atoms with Crippen molar-refractivity contribution in [2.45, 2.75) is 58.0 Å². The van der Waals surface area contributed by atoms with Crippen molar-refractivity contribution in [3.63, 3.8) is 0 Å². The number of benzene rings is 2. The van der Waals surface area contributed by atoms with Crippen LogP contribution in [0.4, 0.5) is 11.8 Å². The van der Waals surface area contributed by atoms with Crippen LogP contribution in [-0.4, -0.2) is 139 Å². The number of anilines is 2. The maximum Gasteiger partial charge on any atom is 0.329 e. The lowest BCUT2D eigenvalue weighted by molar-refractivity contribution is -0.135. The van der Waals surface area contributed by atoms with E-state index in [0.717, 1.165) is 88.1 Å². The van der Waals surface area contributed by atoms with Crippen LogP contribution in [0.1, 0.15) is 67.3 Å². The molecule has 4 aromatic rings. The molecule has 0 saturated carbocycles. The lowest BCUT2D eigenvalue weighted by Crippen LogP contribution is -2.46. The Hall–Kier alpha value is -5.04. The number of nitrogens with one attached hydrogen (secondary N) is 3. The number of nitrogens with two attached hydrogens (primary N) is 1. The number of piperidine rings is 1. The number of nitrogens with zero attached hydrogens (tertiary/aromatic N) is 6.